The lowest BCUT2D eigenvalue weighted by molar-refractivity contribution is 0.0659. The highest BCUT2D eigenvalue weighted by Gasteiger charge is 2.27. The highest BCUT2D eigenvalue weighted by atomic mass is 16.3. The van der Waals surface area contributed by atoms with E-state index >= 15 is 0 Å². The quantitative estimate of drug-likeness (QED) is 0.781. The molecule has 136 valence electrons. The Bertz CT molecular complexity index is 897. The molecular formula is C21H25N3O2. The molecule has 1 N–H and O–H groups in total. The second-order valence-corrected chi connectivity index (χ2v) is 7.22. The topological polar surface area (TPSA) is 52.5 Å². The Balaban J connectivity index is 1.50. The second-order valence-electron chi connectivity index (χ2n) is 7.22. The first-order valence-electron chi connectivity index (χ1n) is 9.26. The van der Waals surface area contributed by atoms with Crippen LogP contribution >= 0.6 is 0 Å². The SMILES string of the molecule is Cc1cccc2[nH]cc(CN3CCCN(C(=O)c4ccco4)[C@@H](C)C3)c12. The van der Waals surface area contributed by atoms with Crippen LogP contribution in [0.25, 0.3) is 10.9 Å². The highest BCUT2D eigenvalue weighted by molar-refractivity contribution is 5.91. The zero-order chi connectivity index (χ0) is 18.1. The molecule has 1 atom stereocenters. The fourth-order valence-electron chi connectivity index (χ4n) is 4.05. The van der Waals surface area contributed by atoms with Crippen molar-refractivity contribution in [3.8, 4) is 0 Å². The lowest BCUT2D eigenvalue weighted by Crippen LogP contribution is -2.42. The first kappa shape index (κ1) is 16.9. The molecular weight excluding hydrogens is 326 g/mol. The van der Waals surface area contributed by atoms with Crippen molar-refractivity contribution in [2.24, 2.45) is 0 Å². The predicted molar refractivity (Wildman–Crippen MR) is 102 cm³/mol. The molecule has 3 aromatic rings. The minimum Gasteiger partial charge on any atom is -0.459 e. The van der Waals surface area contributed by atoms with Crippen LogP contribution in [0.15, 0.2) is 47.2 Å². The summed E-state index contributed by atoms with van der Waals surface area (Å²) in [6.45, 7) is 7.81. The van der Waals surface area contributed by atoms with E-state index in [4.69, 9.17) is 4.42 Å². The Labute approximate surface area is 153 Å². The Morgan fingerprint density at radius 1 is 1.27 bits per heavy atom. The smallest absolute Gasteiger partial charge is 0.289 e. The van der Waals surface area contributed by atoms with Gasteiger partial charge in [0, 0.05) is 49.3 Å². The van der Waals surface area contributed by atoms with Gasteiger partial charge in [-0.05, 0) is 49.6 Å². The van der Waals surface area contributed by atoms with Crippen molar-refractivity contribution in [3.05, 3.63) is 59.7 Å². The van der Waals surface area contributed by atoms with Gasteiger partial charge in [-0.1, -0.05) is 12.1 Å². The van der Waals surface area contributed by atoms with E-state index in [0.29, 0.717) is 5.76 Å². The molecule has 1 aromatic carbocycles. The Hall–Kier alpha value is -2.53. The molecule has 26 heavy (non-hydrogen) atoms. The Kier molecular flexibility index (Phi) is 4.55. The van der Waals surface area contributed by atoms with Gasteiger partial charge in [0.05, 0.1) is 6.26 Å². The van der Waals surface area contributed by atoms with Gasteiger partial charge in [-0.25, -0.2) is 0 Å². The molecule has 0 radical (unpaired) electrons. The molecule has 0 aliphatic carbocycles. The summed E-state index contributed by atoms with van der Waals surface area (Å²) in [5.74, 6) is 0.421. The molecule has 5 nitrogen and oxygen atoms in total. The normalized spacial score (nSPS) is 19.0. The van der Waals surface area contributed by atoms with Crippen LogP contribution in [-0.4, -0.2) is 46.4 Å². The van der Waals surface area contributed by atoms with Crippen molar-refractivity contribution in [3.63, 3.8) is 0 Å². The number of benzene rings is 1. The van der Waals surface area contributed by atoms with Crippen LogP contribution in [0, 0.1) is 6.92 Å². The zero-order valence-corrected chi connectivity index (χ0v) is 15.4. The van der Waals surface area contributed by atoms with Crippen LogP contribution in [0.5, 0.6) is 0 Å². The molecule has 1 aliphatic rings. The van der Waals surface area contributed by atoms with Crippen LogP contribution in [0.2, 0.25) is 0 Å². The largest absolute Gasteiger partial charge is 0.459 e. The van der Waals surface area contributed by atoms with Gasteiger partial charge >= 0.3 is 0 Å². The summed E-state index contributed by atoms with van der Waals surface area (Å²) in [6, 6.07) is 10.0. The monoisotopic (exact) mass is 351 g/mol. The number of furan rings is 1. The van der Waals surface area contributed by atoms with E-state index in [-0.39, 0.29) is 11.9 Å². The molecule has 0 spiro atoms. The number of aromatic nitrogens is 1. The number of hydrogen-bond donors (Lipinski definition) is 1. The number of nitrogens with zero attached hydrogens (tertiary/aromatic N) is 2. The Morgan fingerprint density at radius 2 is 2.15 bits per heavy atom. The van der Waals surface area contributed by atoms with E-state index < -0.39 is 0 Å². The number of nitrogens with one attached hydrogen (secondary N) is 1. The third kappa shape index (κ3) is 3.15. The van der Waals surface area contributed by atoms with Gasteiger partial charge in [0.1, 0.15) is 0 Å². The molecule has 5 heteroatoms. The third-order valence-electron chi connectivity index (χ3n) is 5.31. The van der Waals surface area contributed by atoms with Crippen LogP contribution in [0.3, 0.4) is 0 Å². The summed E-state index contributed by atoms with van der Waals surface area (Å²) in [5.41, 5.74) is 3.82. The van der Waals surface area contributed by atoms with Crippen molar-refractivity contribution in [2.45, 2.75) is 32.9 Å². The van der Waals surface area contributed by atoms with E-state index in [2.05, 4.69) is 48.1 Å². The van der Waals surface area contributed by atoms with E-state index in [1.54, 1.807) is 18.4 Å². The van der Waals surface area contributed by atoms with Gasteiger partial charge < -0.3 is 14.3 Å². The second kappa shape index (κ2) is 7.00. The summed E-state index contributed by atoms with van der Waals surface area (Å²) >= 11 is 0. The molecule has 4 rings (SSSR count). The van der Waals surface area contributed by atoms with E-state index in [0.717, 1.165) is 32.6 Å². The molecule has 1 fully saturated rings. The van der Waals surface area contributed by atoms with Gasteiger partial charge in [0.15, 0.2) is 5.76 Å². The number of aromatic amines is 1. The van der Waals surface area contributed by atoms with E-state index in [1.165, 1.54) is 22.0 Å². The Morgan fingerprint density at radius 3 is 2.96 bits per heavy atom. The summed E-state index contributed by atoms with van der Waals surface area (Å²) in [5, 5.41) is 1.33. The van der Waals surface area contributed by atoms with E-state index in [1.807, 2.05) is 4.90 Å². The molecule has 0 bridgehead atoms. The number of carbonyl (C=O) groups is 1. The lowest BCUT2D eigenvalue weighted by atomic mass is 10.1. The van der Waals surface area contributed by atoms with Crippen LogP contribution in [-0.2, 0) is 6.54 Å². The number of rotatable bonds is 3. The minimum atomic E-state index is -0.00714. The summed E-state index contributed by atoms with van der Waals surface area (Å²) < 4.78 is 5.30. The van der Waals surface area contributed by atoms with Crippen LogP contribution in [0.1, 0.15) is 35.0 Å². The molecule has 1 amide bonds. The average molecular weight is 351 g/mol. The van der Waals surface area contributed by atoms with Crippen molar-refractivity contribution in [1.29, 1.82) is 0 Å². The molecule has 1 aliphatic heterocycles. The van der Waals surface area contributed by atoms with Crippen molar-refractivity contribution >= 4 is 16.8 Å². The fourth-order valence-corrected chi connectivity index (χ4v) is 4.05. The van der Waals surface area contributed by atoms with Gasteiger partial charge in [-0.3, -0.25) is 9.69 Å². The number of H-pyrrole nitrogens is 1. The van der Waals surface area contributed by atoms with Crippen molar-refractivity contribution < 1.29 is 9.21 Å². The molecule has 2 aromatic heterocycles. The number of fused-ring (bicyclic) bond motifs is 1. The van der Waals surface area contributed by atoms with Gasteiger partial charge in [-0.2, -0.15) is 0 Å². The summed E-state index contributed by atoms with van der Waals surface area (Å²) in [6.07, 6.45) is 4.65. The number of amides is 1. The minimum absolute atomic E-state index is 0.00714. The van der Waals surface area contributed by atoms with Gasteiger partial charge in [0.2, 0.25) is 0 Å². The van der Waals surface area contributed by atoms with Gasteiger partial charge in [0.25, 0.3) is 5.91 Å². The molecule has 0 unspecified atom stereocenters. The van der Waals surface area contributed by atoms with Crippen molar-refractivity contribution in [2.75, 3.05) is 19.6 Å². The fraction of sp³-hybridized carbons (Fsp3) is 0.381. The van der Waals surface area contributed by atoms with Crippen LogP contribution in [0.4, 0.5) is 0 Å². The third-order valence-corrected chi connectivity index (χ3v) is 5.31. The maximum atomic E-state index is 12.7. The first-order valence-corrected chi connectivity index (χ1v) is 9.26. The maximum Gasteiger partial charge on any atom is 0.289 e. The van der Waals surface area contributed by atoms with E-state index in [9.17, 15) is 4.79 Å². The van der Waals surface area contributed by atoms with Gasteiger partial charge in [-0.15, -0.1) is 0 Å². The molecule has 3 heterocycles. The summed E-state index contributed by atoms with van der Waals surface area (Å²) in [4.78, 5) is 20.5. The number of carbonyl (C=O) groups excluding carboxylic acids is 1. The first-order chi connectivity index (χ1) is 12.6. The molecule has 1 saturated heterocycles. The predicted octanol–water partition coefficient (Wildman–Crippen LogP) is 3.81. The van der Waals surface area contributed by atoms with Crippen LogP contribution < -0.4 is 0 Å². The number of hydrogen-bond acceptors (Lipinski definition) is 3. The van der Waals surface area contributed by atoms with Crippen molar-refractivity contribution in [1.82, 2.24) is 14.8 Å². The highest BCUT2D eigenvalue weighted by Crippen LogP contribution is 2.24. The molecule has 0 saturated carbocycles. The standard InChI is InChI=1S/C21H25N3O2/c1-15-6-3-7-18-20(15)17(12-22-18)14-23-9-5-10-24(16(2)13-23)21(25)19-8-4-11-26-19/h3-4,6-8,11-12,16,22H,5,9-10,13-14H2,1-2H3/t16-/m0/s1. The lowest BCUT2D eigenvalue weighted by Gasteiger charge is -2.28. The summed E-state index contributed by atoms with van der Waals surface area (Å²) in [7, 11) is 0. The number of aryl methyl sites for hydroxylation is 1. The zero-order valence-electron chi connectivity index (χ0n) is 15.4. The average Bonchev–Trinajstić information content (AvgIpc) is 3.25. The maximum absolute atomic E-state index is 12.7.